The molecule has 0 aliphatic heterocycles. The summed E-state index contributed by atoms with van der Waals surface area (Å²) in [6.45, 7) is 24.2. The van der Waals surface area contributed by atoms with Gasteiger partial charge in [0, 0.05) is 22.3 Å². The molecule has 1 aliphatic carbocycles. The van der Waals surface area contributed by atoms with Gasteiger partial charge < -0.3 is 0 Å². The Hall–Kier alpha value is -4.04. The minimum atomic E-state index is -0.0231. The fraction of sp³-hybridized carbons (Fsp3) is 0.500. The summed E-state index contributed by atoms with van der Waals surface area (Å²) in [4.78, 5) is 25.8. The molecule has 2 nitrogen and oxygen atoms in total. The Balaban J connectivity index is 1.60. The van der Waals surface area contributed by atoms with E-state index in [1.807, 2.05) is 12.1 Å². The van der Waals surface area contributed by atoms with Crippen LogP contribution in [0.1, 0.15) is 206 Å². The molecule has 0 unspecified atom stereocenters. The van der Waals surface area contributed by atoms with Gasteiger partial charge in [-0.2, -0.15) is 0 Å². The van der Waals surface area contributed by atoms with Crippen LogP contribution in [0.5, 0.6) is 0 Å². The van der Waals surface area contributed by atoms with Crippen LogP contribution in [0.3, 0.4) is 0 Å². The zero-order valence-electron chi connectivity index (χ0n) is 38.8. The van der Waals surface area contributed by atoms with Crippen molar-refractivity contribution in [2.75, 3.05) is 0 Å². The number of allylic oxidation sites excluding steroid dienone is 20. The van der Waals surface area contributed by atoms with Gasteiger partial charge in [0.2, 0.25) is 0 Å². The van der Waals surface area contributed by atoms with Crippen LogP contribution in [0.15, 0.2) is 140 Å². The Kier molecular flexibility index (Phi) is 24.5. The van der Waals surface area contributed by atoms with E-state index in [4.69, 9.17) is 0 Å². The highest BCUT2D eigenvalue weighted by Crippen LogP contribution is 2.29. The second-order valence-electron chi connectivity index (χ2n) is 17.5. The largest absolute Gasteiger partial charge is 0.289 e. The van der Waals surface area contributed by atoms with E-state index >= 15 is 0 Å². The van der Waals surface area contributed by atoms with Gasteiger partial charge in [-0.3, -0.25) is 9.59 Å². The van der Waals surface area contributed by atoms with Crippen molar-refractivity contribution < 1.29 is 9.59 Å². The predicted octanol–water partition coefficient (Wildman–Crippen LogP) is 17.6. The highest BCUT2D eigenvalue weighted by atomic mass is 16.1. The Bertz CT molecular complexity index is 1810. The number of ketones is 2. The van der Waals surface area contributed by atoms with E-state index in [9.17, 15) is 9.59 Å². The molecule has 0 saturated carbocycles. The molecule has 58 heavy (non-hydrogen) atoms. The third-order valence-corrected chi connectivity index (χ3v) is 11.4. The van der Waals surface area contributed by atoms with Crippen LogP contribution in [0.25, 0.3) is 0 Å². The first-order valence-electron chi connectivity index (χ1n) is 22.4. The van der Waals surface area contributed by atoms with Gasteiger partial charge in [0.1, 0.15) is 0 Å². The molecule has 0 fully saturated rings. The van der Waals surface area contributed by atoms with Crippen molar-refractivity contribution in [3.63, 3.8) is 0 Å². The lowest BCUT2D eigenvalue weighted by atomic mass is 9.83. The number of carbonyl (C=O) groups excluding carboxylic acids is 2. The van der Waals surface area contributed by atoms with Gasteiger partial charge in [-0.1, -0.05) is 129 Å². The van der Waals surface area contributed by atoms with E-state index in [0.29, 0.717) is 28.7 Å². The predicted molar refractivity (Wildman–Crippen MR) is 256 cm³/mol. The maximum absolute atomic E-state index is 13.0. The fourth-order valence-electron chi connectivity index (χ4n) is 7.30. The zero-order valence-corrected chi connectivity index (χ0v) is 38.8. The second kappa shape index (κ2) is 28.4. The van der Waals surface area contributed by atoms with Gasteiger partial charge in [0.25, 0.3) is 0 Å². The number of Topliss-reactive ketones (excluding diaryl/α,β-unsaturated/α-hetero) is 2. The van der Waals surface area contributed by atoms with Crippen molar-refractivity contribution in [1.29, 1.82) is 0 Å². The molecule has 0 bridgehead atoms. The number of rotatable bonds is 26. The summed E-state index contributed by atoms with van der Waals surface area (Å²) in [5.74, 6) is -0.0318. The summed E-state index contributed by atoms with van der Waals surface area (Å²) >= 11 is 0. The minimum absolute atomic E-state index is 0.00864. The summed E-state index contributed by atoms with van der Waals surface area (Å²) < 4.78 is 0. The van der Waals surface area contributed by atoms with Crippen molar-refractivity contribution in [2.24, 2.45) is 0 Å². The van der Waals surface area contributed by atoms with Gasteiger partial charge in [0.15, 0.2) is 11.6 Å². The number of carbonyl (C=O) groups is 2. The van der Waals surface area contributed by atoms with Crippen molar-refractivity contribution in [2.45, 2.75) is 185 Å². The van der Waals surface area contributed by atoms with Gasteiger partial charge in [-0.25, -0.2) is 0 Å². The number of hydrogen-bond acceptors (Lipinski definition) is 2. The average molecular weight is 785 g/mol. The van der Waals surface area contributed by atoms with Crippen LogP contribution in [0, 0.1) is 0 Å². The Labute approximate surface area is 356 Å². The van der Waals surface area contributed by atoms with Gasteiger partial charge in [-0.15, -0.1) is 0 Å². The normalized spacial score (nSPS) is 15.4. The van der Waals surface area contributed by atoms with Gasteiger partial charge in [-0.05, 0) is 185 Å². The summed E-state index contributed by atoms with van der Waals surface area (Å²) in [6, 6.07) is 7.16. The standard InChI is InChI=1S/C56H80O2/c1-42(2)22-14-23-43(3)24-15-25-44(4)26-16-27-45(5)28-17-29-46(6)30-18-31-47(7)32-19-33-48(8)34-20-35-49(9)36-21-37-50(10)40-41-52-51(11)55(57)53-38-12-13-39-54(53)56(52)58/h12-13,22,24,26,28,30,32,34,36,38-40H,14-21,23,25,27,29,31,33,35,37,41H2,1-11H3. The molecule has 1 aliphatic rings. The van der Waals surface area contributed by atoms with Crippen molar-refractivity contribution in [1.82, 2.24) is 0 Å². The summed E-state index contributed by atoms with van der Waals surface area (Å²) in [6.07, 6.45) is 39.9. The molecule has 1 aromatic rings. The molecule has 0 amide bonds. The SMILES string of the molecule is CC(C)=CCCC(C)=CCCC(C)=CCCC(C)=CCCC(C)=CCCC(C)=CCCC(C)=CCCC(C)=CCCC(C)=CCC1=C(C)C(=O)c2ccccc2C1=O. The van der Waals surface area contributed by atoms with E-state index in [1.54, 1.807) is 19.1 Å². The van der Waals surface area contributed by atoms with Crippen LogP contribution in [-0.2, 0) is 0 Å². The number of fused-ring (bicyclic) bond motifs is 1. The first-order chi connectivity index (χ1) is 27.7. The molecule has 2 heteroatoms. The lowest BCUT2D eigenvalue weighted by molar-refractivity contribution is 0.0973. The summed E-state index contributed by atoms with van der Waals surface area (Å²) in [7, 11) is 0. The van der Waals surface area contributed by atoms with E-state index < -0.39 is 0 Å². The molecule has 2 rings (SSSR count). The number of benzene rings is 1. The Morgan fingerprint density at radius 1 is 0.379 bits per heavy atom. The zero-order chi connectivity index (χ0) is 42.9. The molecule has 0 N–H and O–H groups in total. The third kappa shape index (κ3) is 21.1. The molecular weight excluding hydrogens is 705 g/mol. The Morgan fingerprint density at radius 2 is 0.638 bits per heavy atom. The maximum Gasteiger partial charge on any atom is 0.190 e. The maximum atomic E-state index is 13.0. The van der Waals surface area contributed by atoms with Crippen molar-refractivity contribution >= 4 is 11.6 Å². The van der Waals surface area contributed by atoms with Gasteiger partial charge in [0.05, 0.1) is 0 Å². The Morgan fingerprint density at radius 3 is 0.931 bits per heavy atom. The third-order valence-electron chi connectivity index (χ3n) is 11.4. The molecule has 0 spiro atoms. The molecule has 316 valence electrons. The van der Waals surface area contributed by atoms with E-state index in [2.05, 4.69) is 124 Å². The van der Waals surface area contributed by atoms with Crippen LogP contribution < -0.4 is 0 Å². The topological polar surface area (TPSA) is 34.1 Å². The van der Waals surface area contributed by atoms with Crippen LogP contribution in [-0.4, -0.2) is 11.6 Å². The molecule has 1 aromatic carbocycles. The van der Waals surface area contributed by atoms with Crippen molar-refractivity contribution in [3.05, 3.63) is 151 Å². The first-order valence-corrected chi connectivity index (χ1v) is 22.4. The molecule has 0 atom stereocenters. The highest BCUT2D eigenvalue weighted by Gasteiger charge is 2.28. The lowest BCUT2D eigenvalue weighted by Gasteiger charge is -2.18. The molecule has 0 heterocycles. The van der Waals surface area contributed by atoms with Crippen LogP contribution in [0.2, 0.25) is 0 Å². The summed E-state index contributed by atoms with van der Waals surface area (Å²) in [5.41, 5.74) is 15.4. The lowest BCUT2D eigenvalue weighted by Crippen LogP contribution is -2.20. The summed E-state index contributed by atoms with van der Waals surface area (Å²) in [5, 5.41) is 0. The highest BCUT2D eigenvalue weighted by molar-refractivity contribution is 6.26. The molecule has 0 aromatic heterocycles. The van der Waals surface area contributed by atoms with Crippen LogP contribution >= 0.6 is 0 Å². The molecule has 0 radical (unpaired) electrons. The van der Waals surface area contributed by atoms with E-state index in [-0.39, 0.29) is 11.6 Å². The molecule has 0 saturated heterocycles. The monoisotopic (exact) mass is 785 g/mol. The minimum Gasteiger partial charge on any atom is -0.289 e. The second-order valence-corrected chi connectivity index (χ2v) is 17.5. The quantitative estimate of drug-likeness (QED) is 0.0877. The smallest absolute Gasteiger partial charge is 0.190 e. The van der Waals surface area contributed by atoms with Gasteiger partial charge >= 0.3 is 0 Å². The van der Waals surface area contributed by atoms with Crippen molar-refractivity contribution in [3.8, 4) is 0 Å². The first kappa shape index (κ1) is 50.1. The molecular formula is C56H80O2. The average Bonchev–Trinajstić information content (AvgIpc) is 3.17. The number of hydrogen-bond donors (Lipinski definition) is 0. The van der Waals surface area contributed by atoms with E-state index in [1.165, 1.54) is 69.4 Å². The van der Waals surface area contributed by atoms with Crippen LogP contribution in [0.4, 0.5) is 0 Å². The van der Waals surface area contributed by atoms with E-state index in [0.717, 1.165) is 83.5 Å². The fourth-order valence-corrected chi connectivity index (χ4v) is 7.30.